The van der Waals surface area contributed by atoms with Gasteiger partial charge in [-0.3, -0.25) is 4.79 Å². The van der Waals surface area contributed by atoms with Gasteiger partial charge in [0, 0.05) is 17.1 Å². The predicted octanol–water partition coefficient (Wildman–Crippen LogP) is 2.66. The van der Waals surface area contributed by atoms with Gasteiger partial charge in [0.05, 0.1) is 31.7 Å². The first kappa shape index (κ1) is 20.7. The van der Waals surface area contributed by atoms with E-state index in [4.69, 9.17) is 20.2 Å². The van der Waals surface area contributed by atoms with E-state index in [1.54, 1.807) is 11.8 Å². The standard InChI is InChI=1S/C20H24N6O3S2/c1-11-4-13-8-31-19(21)26-20(13,10-29-11)18-25-15(9-30-18)24-17(27)14-5-23-16(6-22-14)28-7-12-2-3-12/h5-6,9,11-13H,2-4,7-8,10H2,1H3,(H2,21,26)(H,24,27)/t11-,13-,20?/m0/s1. The fourth-order valence-corrected chi connectivity index (χ4v) is 5.76. The highest BCUT2D eigenvalue weighted by Gasteiger charge is 2.49. The molecule has 2 aromatic rings. The largest absolute Gasteiger partial charge is 0.476 e. The van der Waals surface area contributed by atoms with Crippen molar-refractivity contribution < 1.29 is 14.3 Å². The summed E-state index contributed by atoms with van der Waals surface area (Å²) in [5.41, 5.74) is 5.67. The fraction of sp³-hybridized carbons (Fsp3) is 0.550. The number of amides is 1. The van der Waals surface area contributed by atoms with Crippen molar-refractivity contribution in [1.82, 2.24) is 15.0 Å². The van der Waals surface area contributed by atoms with Crippen LogP contribution >= 0.6 is 23.1 Å². The number of aliphatic imine (C=N–C) groups is 1. The number of nitrogens with two attached hydrogens (primary N) is 1. The molecule has 164 valence electrons. The minimum atomic E-state index is -0.587. The summed E-state index contributed by atoms with van der Waals surface area (Å²) < 4.78 is 11.5. The average Bonchev–Trinajstić information content (AvgIpc) is 3.49. The van der Waals surface area contributed by atoms with Gasteiger partial charge in [-0.25, -0.2) is 19.9 Å². The number of fused-ring (bicyclic) bond motifs is 1. The highest BCUT2D eigenvalue weighted by molar-refractivity contribution is 8.13. The number of hydrogen-bond acceptors (Lipinski definition) is 10. The molecule has 1 saturated heterocycles. The number of thiazole rings is 1. The van der Waals surface area contributed by atoms with Crippen LogP contribution in [0, 0.1) is 11.8 Å². The van der Waals surface area contributed by atoms with Gasteiger partial charge in [0.1, 0.15) is 22.1 Å². The number of nitrogens with zero attached hydrogens (tertiary/aromatic N) is 4. The second-order valence-corrected chi connectivity index (χ2v) is 10.1. The lowest BCUT2D eigenvalue weighted by Gasteiger charge is -2.44. The van der Waals surface area contributed by atoms with Crippen LogP contribution < -0.4 is 15.8 Å². The Morgan fingerprint density at radius 3 is 3.03 bits per heavy atom. The molecule has 1 saturated carbocycles. The zero-order valence-corrected chi connectivity index (χ0v) is 18.7. The maximum absolute atomic E-state index is 12.6. The first-order valence-electron chi connectivity index (χ1n) is 10.3. The van der Waals surface area contributed by atoms with Gasteiger partial charge in [-0.2, -0.15) is 0 Å². The van der Waals surface area contributed by atoms with E-state index in [1.807, 2.05) is 5.38 Å². The molecule has 4 heterocycles. The summed E-state index contributed by atoms with van der Waals surface area (Å²) in [4.78, 5) is 30.4. The molecule has 5 rings (SSSR count). The van der Waals surface area contributed by atoms with Gasteiger partial charge in [0.2, 0.25) is 5.88 Å². The second kappa shape index (κ2) is 8.36. The van der Waals surface area contributed by atoms with Crippen LogP contribution in [0.5, 0.6) is 5.88 Å². The van der Waals surface area contributed by atoms with Gasteiger partial charge in [0.25, 0.3) is 5.91 Å². The Labute approximate surface area is 188 Å². The zero-order valence-electron chi connectivity index (χ0n) is 17.1. The van der Waals surface area contributed by atoms with E-state index in [0.717, 1.165) is 17.2 Å². The molecular weight excluding hydrogens is 436 g/mol. The number of thioether (sulfide) groups is 1. The van der Waals surface area contributed by atoms with Crippen LogP contribution in [0.2, 0.25) is 0 Å². The van der Waals surface area contributed by atoms with Crippen LogP contribution in [-0.4, -0.2) is 51.1 Å². The molecule has 31 heavy (non-hydrogen) atoms. The summed E-state index contributed by atoms with van der Waals surface area (Å²) in [6.07, 6.45) is 6.38. The number of hydrogen-bond donors (Lipinski definition) is 2. The lowest BCUT2D eigenvalue weighted by Crippen LogP contribution is -2.49. The number of carbonyl (C=O) groups is 1. The Balaban J connectivity index is 1.28. The van der Waals surface area contributed by atoms with Crippen molar-refractivity contribution in [1.29, 1.82) is 0 Å². The summed E-state index contributed by atoms with van der Waals surface area (Å²) in [5, 5.41) is 5.97. The third-order valence-corrected chi connectivity index (χ3v) is 7.73. The number of amidine groups is 1. The maximum Gasteiger partial charge on any atom is 0.277 e. The molecule has 0 radical (unpaired) electrons. The third-order valence-electron chi connectivity index (χ3n) is 5.76. The van der Waals surface area contributed by atoms with E-state index in [2.05, 4.69) is 27.2 Å². The van der Waals surface area contributed by atoms with Crippen molar-refractivity contribution >= 4 is 40.0 Å². The number of anilines is 1. The van der Waals surface area contributed by atoms with Crippen molar-refractivity contribution in [3.63, 3.8) is 0 Å². The van der Waals surface area contributed by atoms with E-state index >= 15 is 0 Å². The molecule has 9 nitrogen and oxygen atoms in total. The molecule has 0 aromatic carbocycles. The number of nitrogens with one attached hydrogen (secondary N) is 1. The first-order valence-corrected chi connectivity index (χ1v) is 12.2. The molecule has 11 heteroatoms. The number of rotatable bonds is 6. The fourth-order valence-electron chi connectivity index (χ4n) is 3.79. The minimum absolute atomic E-state index is 0.183. The van der Waals surface area contributed by atoms with Crippen LogP contribution in [0.4, 0.5) is 5.82 Å². The maximum atomic E-state index is 12.6. The van der Waals surface area contributed by atoms with Crippen LogP contribution in [0.3, 0.4) is 0 Å². The molecule has 2 aromatic heterocycles. The summed E-state index contributed by atoms with van der Waals surface area (Å²) in [6.45, 7) is 3.17. The van der Waals surface area contributed by atoms with Crippen molar-refractivity contribution in [2.45, 2.75) is 37.8 Å². The molecule has 0 bridgehead atoms. The Morgan fingerprint density at radius 2 is 2.26 bits per heavy atom. The van der Waals surface area contributed by atoms with Crippen molar-refractivity contribution in [3.8, 4) is 5.88 Å². The second-order valence-electron chi connectivity index (χ2n) is 8.23. The lowest BCUT2D eigenvalue weighted by atomic mass is 9.80. The smallest absolute Gasteiger partial charge is 0.277 e. The number of carbonyl (C=O) groups excluding carboxylic acids is 1. The monoisotopic (exact) mass is 460 g/mol. The Kier molecular flexibility index (Phi) is 5.57. The van der Waals surface area contributed by atoms with Gasteiger partial charge in [0.15, 0.2) is 5.17 Å². The van der Waals surface area contributed by atoms with Gasteiger partial charge in [-0.15, -0.1) is 11.3 Å². The van der Waals surface area contributed by atoms with E-state index in [0.29, 0.717) is 36.0 Å². The highest BCUT2D eigenvalue weighted by atomic mass is 32.2. The van der Waals surface area contributed by atoms with Gasteiger partial charge < -0.3 is 20.5 Å². The van der Waals surface area contributed by atoms with E-state index < -0.39 is 5.54 Å². The molecule has 0 spiro atoms. The molecule has 1 amide bonds. The van der Waals surface area contributed by atoms with Crippen LogP contribution in [0.25, 0.3) is 0 Å². The average molecular weight is 461 g/mol. The predicted molar refractivity (Wildman–Crippen MR) is 120 cm³/mol. The third kappa shape index (κ3) is 4.39. The summed E-state index contributed by atoms with van der Waals surface area (Å²) in [6, 6.07) is 0. The normalized spacial score (nSPS) is 27.8. The van der Waals surface area contributed by atoms with Crippen LogP contribution in [0.1, 0.15) is 41.7 Å². The summed E-state index contributed by atoms with van der Waals surface area (Å²) in [7, 11) is 0. The minimum Gasteiger partial charge on any atom is -0.476 e. The quantitative estimate of drug-likeness (QED) is 0.674. The molecule has 3 N–H and O–H groups in total. The molecular formula is C20H24N6O3S2. The van der Waals surface area contributed by atoms with Crippen LogP contribution in [-0.2, 0) is 10.3 Å². The molecule has 2 aliphatic heterocycles. The molecule has 3 aliphatic rings. The number of aromatic nitrogens is 3. The molecule has 2 fully saturated rings. The van der Waals surface area contributed by atoms with E-state index in [-0.39, 0.29) is 23.6 Å². The van der Waals surface area contributed by atoms with Gasteiger partial charge in [-0.1, -0.05) is 11.8 Å². The Hall–Kier alpha value is -2.24. The van der Waals surface area contributed by atoms with Crippen molar-refractivity contribution in [3.05, 3.63) is 28.5 Å². The van der Waals surface area contributed by atoms with E-state index in [9.17, 15) is 4.79 Å². The van der Waals surface area contributed by atoms with Gasteiger partial charge in [-0.05, 0) is 32.1 Å². The highest BCUT2D eigenvalue weighted by Crippen LogP contribution is 2.47. The number of ether oxygens (including phenoxy) is 2. The van der Waals surface area contributed by atoms with Crippen LogP contribution in [0.15, 0.2) is 22.8 Å². The zero-order chi connectivity index (χ0) is 21.4. The lowest BCUT2D eigenvalue weighted by molar-refractivity contribution is -0.0466. The molecule has 3 atom stereocenters. The summed E-state index contributed by atoms with van der Waals surface area (Å²) >= 11 is 3.03. The topological polar surface area (TPSA) is 125 Å². The SMILES string of the molecule is C[C@H]1C[C@H]2CSC(N)=NC2(c2nc(NC(=O)c3cnc(OCC4CC4)cn3)cs2)CO1. The van der Waals surface area contributed by atoms with E-state index in [1.165, 1.54) is 36.6 Å². The Morgan fingerprint density at radius 1 is 1.39 bits per heavy atom. The molecule has 1 aliphatic carbocycles. The molecule has 1 unspecified atom stereocenters. The Bertz CT molecular complexity index is 993. The first-order chi connectivity index (χ1) is 15.0. The summed E-state index contributed by atoms with van der Waals surface area (Å²) in [5.74, 6) is 2.32. The van der Waals surface area contributed by atoms with Gasteiger partial charge >= 0.3 is 0 Å². The van der Waals surface area contributed by atoms with Crippen molar-refractivity contribution in [2.24, 2.45) is 22.6 Å². The van der Waals surface area contributed by atoms with Crippen molar-refractivity contribution in [2.75, 3.05) is 24.3 Å².